The third kappa shape index (κ3) is 9.60. The van der Waals surface area contributed by atoms with Crippen LogP contribution in [0.4, 0.5) is 0 Å². The molecule has 4 atom stereocenters. The van der Waals surface area contributed by atoms with Crippen LogP contribution in [-0.2, 0) is 28.7 Å². The summed E-state index contributed by atoms with van der Waals surface area (Å²) in [5.74, 6) is 1.58. The molecule has 54 heavy (non-hydrogen) atoms. The lowest BCUT2D eigenvalue weighted by Crippen LogP contribution is -2.53. The van der Waals surface area contributed by atoms with Crippen LogP contribution >= 0.6 is 0 Å². The molecule has 4 amide bonds. The molecule has 7 aliphatic rings. The van der Waals surface area contributed by atoms with E-state index in [0.717, 1.165) is 77.1 Å². The van der Waals surface area contributed by atoms with E-state index in [1.54, 1.807) is 10.5 Å². The van der Waals surface area contributed by atoms with E-state index in [-0.39, 0.29) is 60.7 Å². The van der Waals surface area contributed by atoms with Crippen molar-refractivity contribution in [3.8, 4) is 0 Å². The number of allylic oxidation sites excluding steroid dienone is 2. The van der Waals surface area contributed by atoms with E-state index in [1.807, 2.05) is 10.5 Å². The molecule has 4 saturated carbocycles. The number of hydrogen-bond acceptors (Lipinski definition) is 8. The maximum absolute atomic E-state index is 13.1. The lowest BCUT2D eigenvalue weighted by atomic mass is 9.68. The van der Waals surface area contributed by atoms with Crippen molar-refractivity contribution in [3.63, 3.8) is 0 Å². The highest BCUT2D eigenvalue weighted by molar-refractivity contribution is 6.02. The molecule has 7 fully saturated rings. The van der Waals surface area contributed by atoms with Gasteiger partial charge in [0, 0.05) is 51.6 Å². The summed E-state index contributed by atoms with van der Waals surface area (Å²) in [6, 6.07) is -0.559. The van der Waals surface area contributed by atoms with Crippen molar-refractivity contribution >= 4 is 23.6 Å². The summed E-state index contributed by atoms with van der Waals surface area (Å²) >= 11 is 0. The standard InChI is InChI=1S/C43H68N4O7/c1-2-36(29-6-4-3-5-7-29)41(30-8-12-33(48)13-9-30)31-10-14-34(15-11-31)53-25-24-45-20-22-46(23-21-45)40(50)28-54-35-16-17-37-32(26-35)27-47(43(37)52)38-18-19-39(49)44-42(38)51/h29-35,37-38,48H,2-28H2,1H3,(H,44,49,51)/b41-36-. The first-order valence-electron chi connectivity index (χ1n) is 22.1. The highest BCUT2D eigenvalue weighted by Crippen LogP contribution is 2.46. The zero-order valence-corrected chi connectivity index (χ0v) is 33.0. The average molecular weight is 753 g/mol. The van der Waals surface area contributed by atoms with Gasteiger partial charge in [-0.3, -0.25) is 29.4 Å². The fraction of sp³-hybridized carbons (Fsp3) is 0.860. The molecule has 11 heteroatoms. The van der Waals surface area contributed by atoms with Crippen LogP contribution in [0.2, 0.25) is 0 Å². The number of nitrogens with one attached hydrogen (secondary N) is 1. The van der Waals surface area contributed by atoms with Crippen LogP contribution in [0.25, 0.3) is 0 Å². The molecular weight excluding hydrogens is 684 g/mol. The normalized spacial score (nSPS) is 35.1. The van der Waals surface area contributed by atoms with Gasteiger partial charge in [0.05, 0.1) is 24.9 Å². The molecule has 0 radical (unpaired) electrons. The second-order valence-electron chi connectivity index (χ2n) is 17.8. The van der Waals surface area contributed by atoms with E-state index in [2.05, 4.69) is 17.1 Å². The lowest BCUT2D eigenvalue weighted by molar-refractivity contribution is -0.145. The minimum Gasteiger partial charge on any atom is -0.393 e. The van der Waals surface area contributed by atoms with Crippen molar-refractivity contribution in [1.82, 2.24) is 20.0 Å². The van der Waals surface area contributed by atoms with Gasteiger partial charge in [-0.1, -0.05) is 37.3 Å². The number of hydrogen-bond donors (Lipinski definition) is 2. The van der Waals surface area contributed by atoms with Crippen LogP contribution < -0.4 is 5.32 Å². The van der Waals surface area contributed by atoms with Crippen molar-refractivity contribution in [2.45, 2.75) is 153 Å². The van der Waals surface area contributed by atoms with Crippen molar-refractivity contribution in [2.24, 2.45) is 29.6 Å². The Kier molecular flexibility index (Phi) is 13.8. The Labute approximate surface area is 323 Å². The fourth-order valence-corrected chi connectivity index (χ4v) is 11.5. The predicted octanol–water partition coefficient (Wildman–Crippen LogP) is 4.99. The monoisotopic (exact) mass is 753 g/mol. The van der Waals surface area contributed by atoms with Gasteiger partial charge < -0.3 is 24.4 Å². The second kappa shape index (κ2) is 18.7. The molecule has 3 saturated heterocycles. The van der Waals surface area contributed by atoms with Crippen molar-refractivity contribution in [2.75, 3.05) is 52.5 Å². The van der Waals surface area contributed by atoms with Crippen LogP contribution in [0.1, 0.15) is 129 Å². The summed E-state index contributed by atoms with van der Waals surface area (Å²) < 4.78 is 12.6. The molecular formula is C43H68N4O7. The Morgan fingerprint density at radius 3 is 2.15 bits per heavy atom. The Morgan fingerprint density at radius 1 is 0.778 bits per heavy atom. The molecule has 0 spiro atoms. The molecule has 4 aliphatic carbocycles. The molecule has 3 heterocycles. The van der Waals surface area contributed by atoms with Crippen LogP contribution in [-0.4, -0.2) is 120 Å². The van der Waals surface area contributed by atoms with Gasteiger partial charge in [0.2, 0.25) is 23.6 Å². The first-order chi connectivity index (χ1) is 26.3. The number of piperidine rings is 1. The Bertz CT molecular complexity index is 1340. The third-order valence-electron chi connectivity index (χ3n) is 14.6. The average Bonchev–Trinajstić information content (AvgIpc) is 3.52. The van der Waals surface area contributed by atoms with Gasteiger partial charge in [-0.25, -0.2) is 0 Å². The van der Waals surface area contributed by atoms with Crippen LogP contribution in [0.3, 0.4) is 0 Å². The summed E-state index contributed by atoms with van der Waals surface area (Å²) in [4.78, 5) is 56.3. The molecule has 0 bridgehead atoms. The second-order valence-corrected chi connectivity index (χ2v) is 17.8. The predicted molar refractivity (Wildman–Crippen MR) is 205 cm³/mol. The SMILES string of the molecule is CC/C(=C(\C1CCC(O)CC1)C1CCC(OCCN2CCN(C(=O)COC3CCC4C(=O)N(C5CCC(=O)NC5=O)CC4C3)CC2)CC1)C1CCCCC1. The molecule has 11 nitrogen and oxygen atoms in total. The smallest absolute Gasteiger partial charge is 0.249 e. The van der Waals surface area contributed by atoms with Gasteiger partial charge in [-0.05, 0) is 120 Å². The zero-order chi connectivity index (χ0) is 37.6. The quantitative estimate of drug-likeness (QED) is 0.211. The summed E-state index contributed by atoms with van der Waals surface area (Å²) in [7, 11) is 0. The highest BCUT2D eigenvalue weighted by Gasteiger charge is 2.48. The topological polar surface area (TPSA) is 129 Å². The van der Waals surface area contributed by atoms with Crippen LogP contribution in [0.5, 0.6) is 0 Å². The number of aliphatic hydroxyl groups excluding tert-OH is 1. The minimum absolute atomic E-state index is 0.0222. The van der Waals surface area contributed by atoms with E-state index in [1.165, 1.54) is 51.4 Å². The number of aliphatic hydroxyl groups is 1. The minimum atomic E-state index is -0.559. The molecule has 0 aromatic carbocycles. The van der Waals surface area contributed by atoms with E-state index < -0.39 is 6.04 Å². The van der Waals surface area contributed by atoms with Crippen molar-refractivity contribution < 1.29 is 33.8 Å². The van der Waals surface area contributed by atoms with Gasteiger partial charge in [-0.2, -0.15) is 0 Å². The first-order valence-corrected chi connectivity index (χ1v) is 22.1. The van der Waals surface area contributed by atoms with Crippen LogP contribution in [0, 0.1) is 29.6 Å². The number of amides is 4. The van der Waals surface area contributed by atoms with Gasteiger partial charge in [0.15, 0.2) is 0 Å². The van der Waals surface area contributed by atoms with Crippen molar-refractivity contribution in [3.05, 3.63) is 11.1 Å². The highest BCUT2D eigenvalue weighted by atomic mass is 16.5. The van der Waals surface area contributed by atoms with Gasteiger partial charge in [0.1, 0.15) is 12.6 Å². The van der Waals surface area contributed by atoms with E-state index >= 15 is 0 Å². The molecule has 0 aromatic rings. The van der Waals surface area contributed by atoms with Crippen molar-refractivity contribution in [1.29, 1.82) is 0 Å². The zero-order valence-electron chi connectivity index (χ0n) is 33.0. The number of piperazine rings is 1. The number of imide groups is 1. The van der Waals surface area contributed by atoms with Crippen LogP contribution in [0.15, 0.2) is 11.1 Å². The first kappa shape index (κ1) is 39.9. The number of ether oxygens (including phenoxy) is 2. The van der Waals surface area contributed by atoms with E-state index in [0.29, 0.717) is 56.8 Å². The maximum atomic E-state index is 13.1. The lowest BCUT2D eigenvalue weighted by Gasteiger charge is -2.40. The van der Waals surface area contributed by atoms with Gasteiger partial charge in [0.25, 0.3) is 0 Å². The summed E-state index contributed by atoms with van der Waals surface area (Å²) in [6.45, 7) is 7.71. The van der Waals surface area contributed by atoms with E-state index in [9.17, 15) is 24.3 Å². The molecule has 2 N–H and O–H groups in total. The molecule has 302 valence electrons. The summed E-state index contributed by atoms with van der Waals surface area (Å²) in [5.41, 5.74) is 3.63. The molecule has 7 rings (SSSR count). The molecule has 3 aliphatic heterocycles. The number of fused-ring (bicyclic) bond motifs is 1. The number of likely N-dealkylation sites (tertiary alicyclic amines) is 1. The Morgan fingerprint density at radius 2 is 1.46 bits per heavy atom. The molecule has 0 aromatic heterocycles. The largest absolute Gasteiger partial charge is 0.393 e. The molecule has 4 unspecified atom stereocenters. The number of carbonyl (C=O) groups excluding carboxylic acids is 4. The fourth-order valence-electron chi connectivity index (χ4n) is 11.5. The number of carbonyl (C=O) groups is 4. The Hall–Kier alpha value is -2.34. The van der Waals surface area contributed by atoms with E-state index in [4.69, 9.17) is 9.47 Å². The maximum Gasteiger partial charge on any atom is 0.249 e. The third-order valence-corrected chi connectivity index (χ3v) is 14.6. The Balaban J connectivity index is 0.795. The number of nitrogens with zero attached hydrogens (tertiary/aromatic N) is 3. The number of rotatable bonds is 12. The summed E-state index contributed by atoms with van der Waals surface area (Å²) in [6.07, 6.45) is 20.1. The summed E-state index contributed by atoms with van der Waals surface area (Å²) in [5, 5.41) is 12.7. The van der Waals surface area contributed by atoms with Gasteiger partial charge >= 0.3 is 0 Å². The van der Waals surface area contributed by atoms with Gasteiger partial charge in [-0.15, -0.1) is 0 Å².